The number of hydrogen-bond donors (Lipinski definition) is 2. The summed E-state index contributed by atoms with van der Waals surface area (Å²) in [5.41, 5.74) is 6.72. The number of aromatic amines is 2. The van der Waals surface area contributed by atoms with Crippen LogP contribution in [-0.2, 0) is 4.84 Å². The molecule has 0 bridgehead atoms. The number of methoxy groups -OCH3 is 1. The maximum atomic E-state index is 5.84. The molecule has 8 heteroatoms. The van der Waals surface area contributed by atoms with Crippen LogP contribution in [0, 0.1) is 0 Å². The van der Waals surface area contributed by atoms with Crippen LogP contribution in [0.4, 0.5) is 0 Å². The molecular formula is C24H22N6O2. The maximum Gasteiger partial charge on any atom is 0.142 e. The Labute approximate surface area is 183 Å². The summed E-state index contributed by atoms with van der Waals surface area (Å²) in [5.74, 6) is 1.66. The summed E-state index contributed by atoms with van der Waals surface area (Å²) >= 11 is 0. The minimum absolute atomic E-state index is 0.112. The Balaban J connectivity index is 1.64. The van der Waals surface area contributed by atoms with E-state index in [0.29, 0.717) is 0 Å². The standard InChI is InChI=1S/C24H22N6O2/c1-12-21(13(2)32-30(12)3)16-7-18-15(8-20(16)31-4)22-23(27-11-28-24(22)29-18)17-9-26-19-10-25-6-5-14(17)19/h5-12,26H,1-4H3,(H,27,28,29). The Morgan fingerprint density at radius 2 is 2.00 bits per heavy atom. The van der Waals surface area contributed by atoms with Crippen molar-refractivity contribution < 1.29 is 9.57 Å². The number of allylic oxidation sites excluding steroid dienone is 1. The van der Waals surface area contributed by atoms with Crippen LogP contribution in [0.3, 0.4) is 0 Å². The smallest absolute Gasteiger partial charge is 0.142 e. The number of hydrogen-bond acceptors (Lipinski definition) is 6. The number of hydroxylamine groups is 2. The lowest BCUT2D eigenvalue weighted by molar-refractivity contribution is -0.0883. The number of aromatic nitrogens is 5. The highest BCUT2D eigenvalue weighted by molar-refractivity contribution is 6.15. The van der Waals surface area contributed by atoms with E-state index in [2.05, 4.69) is 44.0 Å². The molecule has 1 aliphatic heterocycles. The Morgan fingerprint density at radius 3 is 2.78 bits per heavy atom. The zero-order valence-corrected chi connectivity index (χ0v) is 18.2. The summed E-state index contributed by atoms with van der Waals surface area (Å²) in [4.78, 5) is 26.0. The molecule has 1 atom stereocenters. The minimum atomic E-state index is 0.112. The molecule has 0 aliphatic carbocycles. The Morgan fingerprint density at radius 1 is 1.12 bits per heavy atom. The number of likely N-dealkylation sites (N-methyl/N-ethyl adjacent to an activating group) is 1. The number of benzene rings is 1. The topological polar surface area (TPSA) is 92.0 Å². The summed E-state index contributed by atoms with van der Waals surface area (Å²) < 4.78 is 5.84. The van der Waals surface area contributed by atoms with Gasteiger partial charge in [0.2, 0.25) is 0 Å². The van der Waals surface area contributed by atoms with E-state index >= 15 is 0 Å². The summed E-state index contributed by atoms with van der Waals surface area (Å²) in [5, 5.41) is 4.90. The number of nitrogens with one attached hydrogen (secondary N) is 2. The molecule has 1 aromatic carbocycles. The molecule has 1 aliphatic rings. The second-order valence-corrected chi connectivity index (χ2v) is 8.08. The monoisotopic (exact) mass is 426 g/mol. The van der Waals surface area contributed by atoms with E-state index in [1.54, 1.807) is 19.6 Å². The van der Waals surface area contributed by atoms with Crippen LogP contribution in [0.5, 0.6) is 5.75 Å². The Bertz CT molecular complexity index is 1550. The zero-order valence-electron chi connectivity index (χ0n) is 18.2. The molecule has 4 aromatic heterocycles. The van der Waals surface area contributed by atoms with E-state index in [9.17, 15) is 0 Å². The number of rotatable bonds is 3. The van der Waals surface area contributed by atoms with Crippen molar-refractivity contribution in [2.24, 2.45) is 0 Å². The van der Waals surface area contributed by atoms with E-state index in [1.165, 1.54) is 0 Å². The molecule has 0 radical (unpaired) electrons. The molecule has 5 aromatic rings. The summed E-state index contributed by atoms with van der Waals surface area (Å²) in [6, 6.07) is 6.30. The van der Waals surface area contributed by atoms with Crippen LogP contribution in [0.2, 0.25) is 0 Å². The molecule has 0 amide bonds. The fourth-order valence-electron chi connectivity index (χ4n) is 4.74. The average Bonchev–Trinajstić information content (AvgIpc) is 3.46. The van der Waals surface area contributed by atoms with E-state index in [1.807, 2.05) is 37.5 Å². The minimum Gasteiger partial charge on any atom is -0.496 e. The Kier molecular flexibility index (Phi) is 4.00. The van der Waals surface area contributed by atoms with Crippen LogP contribution < -0.4 is 4.74 Å². The highest BCUT2D eigenvalue weighted by Crippen LogP contribution is 2.42. The van der Waals surface area contributed by atoms with Crippen LogP contribution in [0.15, 0.2) is 48.9 Å². The van der Waals surface area contributed by atoms with Gasteiger partial charge in [-0.05, 0) is 32.0 Å². The van der Waals surface area contributed by atoms with Crippen molar-refractivity contribution >= 4 is 38.4 Å². The van der Waals surface area contributed by atoms with Gasteiger partial charge in [-0.25, -0.2) is 9.97 Å². The molecule has 0 spiro atoms. The summed E-state index contributed by atoms with van der Waals surface area (Å²) in [7, 11) is 3.64. The van der Waals surface area contributed by atoms with E-state index in [-0.39, 0.29) is 6.04 Å². The predicted molar refractivity (Wildman–Crippen MR) is 124 cm³/mol. The molecule has 6 rings (SSSR count). The quantitative estimate of drug-likeness (QED) is 0.436. The Hall–Kier alpha value is -3.91. The average molecular weight is 426 g/mol. The number of pyridine rings is 1. The van der Waals surface area contributed by atoms with Gasteiger partial charge in [0, 0.05) is 52.4 Å². The van der Waals surface area contributed by atoms with Gasteiger partial charge < -0.3 is 19.5 Å². The molecular weight excluding hydrogens is 404 g/mol. The fraction of sp³-hybridized carbons (Fsp3) is 0.208. The van der Waals surface area contributed by atoms with Gasteiger partial charge in [0.25, 0.3) is 0 Å². The molecule has 32 heavy (non-hydrogen) atoms. The van der Waals surface area contributed by atoms with Crippen molar-refractivity contribution in [1.82, 2.24) is 30.0 Å². The van der Waals surface area contributed by atoms with Crippen molar-refractivity contribution in [1.29, 1.82) is 0 Å². The molecule has 160 valence electrons. The van der Waals surface area contributed by atoms with Crippen molar-refractivity contribution in [3.05, 3.63) is 54.4 Å². The van der Waals surface area contributed by atoms with E-state index in [4.69, 9.17) is 9.57 Å². The van der Waals surface area contributed by atoms with Crippen LogP contribution in [0.25, 0.3) is 49.7 Å². The molecule has 1 unspecified atom stereocenters. The molecule has 0 saturated carbocycles. The van der Waals surface area contributed by atoms with Crippen molar-refractivity contribution in [2.45, 2.75) is 19.9 Å². The predicted octanol–water partition coefficient (Wildman–Crippen LogP) is 4.66. The highest BCUT2D eigenvalue weighted by Gasteiger charge is 2.30. The van der Waals surface area contributed by atoms with Gasteiger partial charge >= 0.3 is 0 Å². The van der Waals surface area contributed by atoms with E-state index < -0.39 is 0 Å². The third-order valence-corrected chi connectivity index (χ3v) is 6.36. The van der Waals surface area contributed by atoms with Gasteiger partial charge in [0.05, 0.1) is 35.9 Å². The van der Waals surface area contributed by atoms with Gasteiger partial charge in [0.15, 0.2) is 0 Å². The highest BCUT2D eigenvalue weighted by atomic mass is 16.7. The molecule has 0 saturated heterocycles. The van der Waals surface area contributed by atoms with Crippen LogP contribution in [0.1, 0.15) is 19.4 Å². The second kappa shape index (κ2) is 6.80. The third-order valence-electron chi connectivity index (χ3n) is 6.36. The van der Waals surface area contributed by atoms with Crippen LogP contribution in [-0.4, -0.2) is 50.2 Å². The number of nitrogens with zero attached hydrogens (tertiary/aromatic N) is 4. The molecule has 0 fully saturated rings. The molecule has 8 nitrogen and oxygen atoms in total. The first-order valence-corrected chi connectivity index (χ1v) is 10.4. The van der Waals surface area contributed by atoms with Crippen molar-refractivity contribution in [3.8, 4) is 17.0 Å². The first-order valence-electron chi connectivity index (χ1n) is 10.4. The van der Waals surface area contributed by atoms with Crippen LogP contribution >= 0.6 is 0 Å². The lowest BCUT2D eigenvalue weighted by Crippen LogP contribution is -2.23. The van der Waals surface area contributed by atoms with Crippen molar-refractivity contribution in [2.75, 3.05) is 14.2 Å². The fourth-order valence-corrected chi connectivity index (χ4v) is 4.74. The molecule has 2 N–H and O–H groups in total. The van der Waals surface area contributed by atoms with Gasteiger partial charge in [-0.2, -0.15) is 0 Å². The number of fused-ring (bicyclic) bond motifs is 4. The molecule has 5 heterocycles. The van der Waals surface area contributed by atoms with Crippen molar-refractivity contribution in [3.63, 3.8) is 0 Å². The van der Waals surface area contributed by atoms with Gasteiger partial charge in [-0.3, -0.25) is 4.98 Å². The summed E-state index contributed by atoms with van der Waals surface area (Å²) in [6.45, 7) is 4.11. The normalized spacial score (nSPS) is 17.1. The van der Waals surface area contributed by atoms with Gasteiger partial charge in [-0.15, -0.1) is 5.06 Å². The van der Waals surface area contributed by atoms with Gasteiger partial charge in [-0.1, -0.05) is 0 Å². The lowest BCUT2D eigenvalue weighted by atomic mass is 9.96. The summed E-state index contributed by atoms with van der Waals surface area (Å²) in [6.07, 6.45) is 7.18. The number of H-pyrrole nitrogens is 2. The SMILES string of the molecule is COc1cc2c(cc1C1=C(C)ON(C)C1C)[nH]c1ncnc(-c3c[nH]c4cnccc34)c12. The second-order valence-electron chi connectivity index (χ2n) is 8.08. The lowest BCUT2D eigenvalue weighted by Gasteiger charge is -2.17. The largest absolute Gasteiger partial charge is 0.496 e. The maximum absolute atomic E-state index is 5.84. The zero-order chi connectivity index (χ0) is 22.0. The third kappa shape index (κ3) is 2.56. The first-order chi connectivity index (χ1) is 15.6. The van der Waals surface area contributed by atoms with Gasteiger partial charge in [0.1, 0.15) is 23.5 Å². The first kappa shape index (κ1) is 18.8. The van der Waals surface area contributed by atoms with E-state index in [0.717, 1.165) is 66.7 Å². The number of ether oxygens (including phenoxy) is 1.